The maximum absolute atomic E-state index is 13.1. The average molecular weight is 550 g/mol. The molecule has 0 heterocycles. The Balaban J connectivity index is 1.95. The number of carbonyl (C=O) groups excluding carboxylic acids is 4. The summed E-state index contributed by atoms with van der Waals surface area (Å²) in [6.45, 7) is -0.521. The molecule has 2 aromatic rings. The smallest absolute Gasteiger partial charge is 0.243 e. The maximum Gasteiger partial charge on any atom is 0.243 e. The molecule has 0 fully saturated rings. The quantitative estimate of drug-likeness (QED) is 0.174. The molecule has 4 amide bonds. The molecule has 0 saturated carbocycles. The van der Waals surface area contributed by atoms with E-state index in [0.717, 1.165) is 0 Å². The zero-order valence-electron chi connectivity index (χ0n) is 20.8. The predicted octanol–water partition coefficient (Wildman–Crippen LogP) is -1.02. The highest BCUT2D eigenvalue weighted by atomic mass is 32.2. The standard InChI is InChI=1S/C25H32FN5O6S/c1-38(37)11-10-20(31-24(35)19(27)12-15-4-8-18(32)9-5-15)25(36)29-14-22(33)30-21(23(28)34)13-16-2-6-17(26)7-3-16/h2-9,19-21,32H,10-14,27H2,1H3,(H2,28,34)(H,29,36)(H,30,33)(H,31,35)/t19-,20-,21+,38+/m1/s1. The number of hydrogen-bond donors (Lipinski definition) is 6. The molecule has 206 valence electrons. The molecule has 0 spiro atoms. The summed E-state index contributed by atoms with van der Waals surface area (Å²) in [7, 11) is -1.25. The summed E-state index contributed by atoms with van der Waals surface area (Å²) in [4.78, 5) is 49.6. The van der Waals surface area contributed by atoms with Crippen LogP contribution in [0.4, 0.5) is 4.39 Å². The summed E-state index contributed by atoms with van der Waals surface area (Å²) in [5.41, 5.74) is 12.6. The Kier molecular flexibility index (Phi) is 11.8. The van der Waals surface area contributed by atoms with Crippen molar-refractivity contribution in [2.45, 2.75) is 37.4 Å². The lowest BCUT2D eigenvalue weighted by molar-refractivity contribution is -0.131. The molecule has 0 saturated heterocycles. The van der Waals surface area contributed by atoms with Crippen molar-refractivity contribution < 1.29 is 32.9 Å². The first-order valence-corrected chi connectivity index (χ1v) is 13.4. The minimum Gasteiger partial charge on any atom is -0.508 e. The summed E-state index contributed by atoms with van der Waals surface area (Å²) in [6.07, 6.45) is 1.65. The van der Waals surface area contributed by atoms with Gasteiger partial charge in [-0.25, -0.2) is 4.39 Å². The number of phenols is 1. The lowest BCUT2D eigenvalue weighted by Crippen LogP contribution is -2.54. The van der Waals surface area contributed by atoms with Crippen molar-refractivity contribution in [2.75, 3.05) is 18.6 Å². The minimum atomic E-state index is -1.25. The fourth-order valence-corrected chi connectivity index (χ4v) is 3.99. The van der Waals surface area contributed by atoms with Gasteiger partial charge < -0.3 is 32.5 Å². The lowest BCUT2D eigenvalue weighted by Gasteiger charge is -2.21. The number of hydrogen-bond acceptors (Lipinski definition) is 7. The van der Waals surface area contributed by atoms with E-state index in [1.807, 2.05) is 0 Å². The third-order valence-corrected chi connectivity index (χ3v) is 6.32. The second kappa shape index (κ2) is 14.8. The molecule has 2 aromatic carbocycles. The maximum atomic E-state index is 13.1. The number of amides is 4. The molecule has 13 heteroatoms. The molecule has 8 N–H and O–H groups in total. The monoisotopic (exact) mass is 549 g/mol. The van der Waals surface area contributed by atoms with Crippen molar-refractivity contribution in [1.82, 2.24) is 16.0 Å². The zero-order valence-corrected chi connectivity index (χ0v) is 21.6. The van der Waals surface area contributed by atoms with Gasteiger partial charge in [0.25, 0.3) is 0 Å². The Morgan fingerprint density at radius 2 is 1.50 bits per heavy atom. The van der Waals surface area contributed by atoms with Crippen LogP contribution in [0, 0.1) is 5.82 Å². The molecule has 0 unspecified atom stereocenters. The van der Waals surface area contributed by atoms with Crippen LogP contribution in [0.15, 0.2) is 48.5 Å². The van der Waals surface area contributed by atoms with Crippen molar-refractivity contribution in [2.24, 2.45) is 11.5 Å². The van der Waals surface area contributed by atoms with E-state index >= 15 is 0 Å². The first kappa shape index (κ1) is 30.4. The second-order valence-electron chi connectivity index (χ2n) is 8.68. The molecule has 0 aromatic heterocycles. The molecule has 11 nitrogen and oxygen atoms in total. The van der Waals surface area contributed by atoms with Crippen LogP contribution in [0.25, 0.3) is 0 Å². The average Bonchev–Trinajstić information content (AvgIpc) is 2.86. The van der Waals surface area contributed by atoms with Gasteiger partial charge >= 0.3 is 0 Å². The summed E-state index contributed by atoms with van der Waals surface area (Å²) in [5, 5.41) is 16.7. The van der Waals surface area contributed by atoms with E-state index in [0.29, 0.717) is 11.1 Å². The SMILES string of the molecule is C[S@](=O)CC[C@@H](NC(=O)[C@H](N)Cc1ccc(O)cc1)C(=O)NCC(=O)N[C@@H](Cc1ccc(F)cc1)C(N)=O. The molecule has 0 aliphatic heterocycles. The van der Waals surface area contributed by atoms with Crippen LogP contribution in [0.1, 0.15) is 17.5 Å². The van der Waals surface area contributed by atoms with Crippen LogP contribution in [-0.4, -0.2) is 69.6 Å². The zero-order chi connectivity index (χ0) is 28.2. The molecule has 38 heavy (non-hydrogen) atoms. The van der Waals surface area contributed by atoms with Crippen LogP contribution in [-0.2, 0) is 42.8 Å². The highest BCUT2D eigenvalue weighted by Gasteiger charge is 2.25. The Bertz CT molecular complexity index is 1150. The summed E-state index contributed by atoms with van der Waals surface area (Å²) in [6, 6.07) is 8.26. The van der Waals surface area contributed by atoms with E-state index in [2.05, 4.69) is 16.0 Å². The first-order valence-electron chi connectivity index (χ1n) is 11.7. The molecule has 0 radical (unpaired) electrons. The van der Waals surface area contributed by atoms with Gasteiger partial charge in [0, 0.05) is 29.2 Å². The minimum absolute atomic E-state index is 0.0230. The van der Waals surface area contributed by atoms with Gasteiger partial charge in [-0.3, -0.25) is 23.4 Å². The van der Waals surface area contributed by atoms with Crippen molar-refractivity contribution in [1.29, 1.82) is 0 Å². The number of halogens is 1. The fraction of sp³-hybridized carbons (Fsp3) is 0.360. The fourth-order valence-electron chi connectivity index (χ4n) is 3.42. The number of carbonyl (C=O) groups is 4. The number of rotatable bonds is 14. The summed E-state index contributed by atoms with van der Waals surface area (Å²) >= 11 is 0. The highest BCUT2D eigenvalue weighted by molar-refractivity contribution is 7.84. The Morgan fingerprint density at radius 3 is 2.08 bits per heavy atom. The van der Waals surface area contributed by atoms with E-state index in [4.69, 9.17) is 11.5 Å². The number of aromatic hydroxyl groups is 1. The third kappa shape index (κ3) is 10.6. The summed E-state index contributed by atoms with van der Waals surface area (Å²) < 4.78 is 24.7. The van der Waals surface area contributed by atoms with Crippen LogP contribution in [0.5, 0.6) is 5.75 Å². The van der Waals surface area contributed by atoms with E-state index in [9.17, 15) is 32.9 Å². The second-order valence-corrected chi connectivity index (χ2v) is 10.2. The van der Waals surface area contributed by atoms with Gasteiger partial charge in [-0.05, 0) is 48.2 Å². The van der Waals surface area contributed by atoms with Gasteiger partial charge in [0.1, 0.15) is 23.7 Å². The number of benzene rings is 2. The molecular formula is C25H32FN5O6S. The highest BCUT2D eigenvalue weighted by Crippen LogP contribution is 2.11. The van der Waals surface area contributed by atoms with Crippen molar-refractivity contribution in [3.8, 4) is 5.75 Å². The van der Waals surface area contributed by atoms with Crippen LogP contribution in [0.2, 0.25) is 0 Å². The van der Waals surface area contributed by atoms with E-state index in [1.54, 1.807) is 12.1 Å². The van der Waals surface area contributed by atoms with Gasteiger partial charge in [0.2, 0.25) is 23.6 Å². The molecule has 4 atom stereocenters. The van der Waals surface area contributed by atoms with Gasteiger partial charge in [-0.15, -0.1) is 0 Å². The molecule has 0 bridgehead atoms. The number of primary amides is 1. The van der Waals surface area contributed by atoms with E-state index < -0.39 is 64.9 Å². The van der Waals surface area contributed by atoms with Crippen LogP contribution < -0.4 is 27.4 Å². The normalized spacial score (nSPS) is 14.0. The Morgan fingerprint density at radius 1 is 0.921 bits per heavy atom. The number of nitrogens with two attached hydrogens (primary N) is 2. The number of nitrogens with one attached hydrogen (secondary N) is 3. The first-order chi connectivity index (χ1) is 17.9. The van der Waals surface area contributed by atoms with Gasteiger partial charge in [0.05, 0.1) is 12.6 Å². The summed E-state index contributed by atoms with van der Waals surface area (Å²) in [5.74, 6) is -3.13. The van der Waals surface area contributed by atoms with Crippen LogP contribution >= 0.6 is 0 Å². The molecule has 0 aliphatic carbocycles. The largest absolute Gasteiger partial charge is 0.508 e. The van der Waals surface area contributed by atoms with Crippen molar-refractivity contribution in [3.05, 3.63) is 65.5 Å². The topological polar surface area (TPSA) is 194 Å². The Hall–Kier alpha value is -3.84. The van der Waals surface area contributed by atoms with E-state index in [1.165, 1.54) is 42.7 Å². The molecular weight excluding hydrogens is 517 g/mol. The van der Waals surface area contributed by atoms with Gasteiger partial charge in [-0.1, -0.05) is 24.3 Å². The Labute approximate surface area is 222 Å². The molecule has 0 aliphatic rings. The molecule has 2 rings (SSSR count). The van der Waals surface area contributed by atoms with Gasteiger partial charge in [-0.2, -0.15) is 0 Å². The third-order valence-electron chi connectivity index (χ3n) is 5.51. The van der Waals surface area contributed by atoms with Crippen molar-refractivity contribution >= 4 is 34.4 Å². The number of phenolic OH excluding ortho intramolecular Hbond substituents is 1. The predicted molar refractivity (Wildman–Crippen MR) is 140 cm³/mol. The lowest BCUT2D eigenvalue weighted by atomic mass is 10.0. The van der Waals surface area contributed by atoms with Crippen LogP contribution in [0.3, 0.4) is 0 Å². The van der Waals surface area contributed by atoms with Gasteiger partial charge in [0.15, 0.2) is 0 Å². The van der Waals surface area contributed by atoms with Crippen molar-refractivity contribution in [3.63, 3.8) is 0 Å². The van der Waals surface area contributed by atoms with E-state index in [-0.39, 0.29) is 30.8 Å².